The zero-order chi connectivity index (χ0) is 12.4. The van der Waals surface area contributed by atoms with Crippen LogP contribution in [0.25, 0.3) is 0 Å². The molecule has 1 aliphatic carbocycles. The number of carbonyl (C=O) groups is 1. The lowest BCUT2D eigenvalue weighted by atomic mass is 10.1. The summed E-state index contributed by atoms with van der Waals surface area (Å²) in [5.74, 6) is 0.121. The van der Waals surface area contributed by atoms with Gasteiger partial charge in [0.1, 0.15) is 0 Å². The number of amides is 1. The molecule has 1 aliphatic rings. The van der Waals surface area contributed by atoms with Gasteiger partial charge in [-0.1, -0.05) is 22.0 Å². The molecule has 0 aromatic heterocycles. The van der Waals surface area contributed by atoms with Crippen molar-refractivity contribution in [1.29, 1.82) is 0 Å². The van der Waals surface area contributed by atoms with Gasteiger partial charge < -0.3 is 10.2 Å². The second-order valence-electron chi connectivity index (χ2n) is 4.60. The van der Waals surface area contributed by atoms with E-state index in [1.807, 2.05) is 0 Å². The third kappa shape index (κ3) is 2.87. The van der Waals surface area contributed by atoms with Crippen LogP contribution in [-0.4, -0.2) is 31.4 Å². The highest BCUT2D eigenvalue weighted by Gasteiger charge is 2.22. The largest absolute Gasteiger partial charge is 0.348 e. The lowest BCUT2D eigenvalue weighted by Crippen LogP contribution is -2.34. The zero-order valence-corrected chi connectivity index (χ0v) is 11.8. The summed E-state index contributed by atoms with van der Waals surface area (Å²) in [4.78, 5) is 13.1. The Hall–Kier alpha value is -0.870. The van der Waals surface area contributed by atoms with E-state index in [0.717, 1.165) is 17.3 Å². The minimum Gasteiger partial charge on any atom is -0.348 e. The molecule has 1 N–H and O–H groups in total. The molecule has 1 aromatic rings. The van der Waals surface area contributed by atoms with E-state index in [4.69, 9.17) is 0 Å². The molecule has 17 heavy (non-hydrogen) atoms. The number of rotatable bonds is 3. The second kappa shape index (κ2) is 5.19. The molecule has 0 aliphatic heterocycles. The van der Waals surface area contributed by atoms with Gasteiger partial charge in [0.2, 0.25) is 5.91 Å². The van der Waals surface area contributed by atoms with Gasteiger partial charge in [-0.3, -0.25) is 4.79 Å². The van der Waals surface area contributed by atoms with E-state index in [1.54, 1.807) is 19.0 Å². The number of benzene rings is 1. The number of nitrogens with zero attached hydrogens (tertiary/aromatic N) is 1. The molecule has 1 amide bonds. The molecule has 4 heteroatoms. The van der Waals surface area contributed by atoms with Crippen molar-refractivity contribution in [3.8, 4) is 0 Å². The van der Waals surface area contributed by atoms with Crippen LogP contribution in [0.1, 0.15) is 23.6 Å². The van der Waals surface area contributed by atoms with E-state index in [2.05, 4.69) is 39.4 Å². The van der Waals surface area contributed by atoms with Crippen LogP contribution < -0.4 is 5.32 Å². The summed E-state index contributed by atoms with van der Waals surface area (Å²) >= 11 is 3.48. The maximum atomic E-state index is 11.5. The first kappa shape index (κ1) is 12.6. The topological polar surface area (TPSA) is 32.3 Å². The number of likely N-dealkylation sites (N-methyl/N-ethyl adjacent to an activating group) is 1. The van der Waals surface area contributed by atoms with E-state index >= 15 is 0 Å². The van der Waals surface area contributed by atoms with Crippen LogP contribution in [0.2, 0.25) is 0 Å². The third-order valence-electron chi connectivity index (χ3n) is 3.18. The molecule has 0 saturated carbocycles. The lowest BCUT2D eigenvalue weighted by Gasteiger charge is -2.16. The maximum absolute atomic E-state index is 11.5. The Labute approximate surface area is 110 Å². The Balaban J connectivity index is 2.00. The molecule has 1 atom stereocenters. The molecule has 0 saturated heterocycles. The van der Waals surface area contributed by atoms with E-state index < -0.39 is 0 Å². The summed E-state index contributed by atoms with van der Waals surface area (Å²) in [6.07, 6.45) is 2.16. The van der Waals surface area contributed by atoms with Crippen molar-refractivity contribution in [2.24, 2.45) is 0 Å². The van der Waals surface area contributed by atoms with E-state index in [9.17, 15) is 4.79 Å². The molecule has 0 fully saturated rings. The van der Waals surface area contributed by atoms with Crippen LogP contribution in [0.15, 0.2) is 22.7 Å². The molecular formula is C13H17BrN2O. The third-order valence-corrected chi connectivity index (χ3v) is 3.67. The predicted octanol–water partition coefficient (Wildman–Crippen LogP) is 2.11. The molecular weight excluding hydrogens is 280 g/mol. The average Bonchev–Trinajstić information content (AvgIpc) is 2.67. The number of nitrogens with one attached hydrogen (secondary N) is 1. The van der Waals surface area contributed by atoms with E-state index in [0.29, 0.717) is 12.6 Å². The summed E-state index contributed by atoms with van der Waals surface area (Å²) < 4.78 is 1.13. The smallest absolute Gasteiger partial charge is 0.236 e. The van der Waals surface area contributed by atoms with Crippen LogP contribution in [0.3, 0.4) is 0 Å². The van der Waals surface area contributed by atoms with Gasteiger partial charge in [0.25, 0.3) is 0 Å². The van der Waals surface area contributed by atoms with Crippen molar-refractivity contribution >= 4 is 21.8 Å². The van der Waals surface area contributed by atoms with Crippen LogP contribution in [0.5, 0.6) is 0 Å². The number of halogens is 1. The molecule has 0 bridgehead atoms. The molecule has 0 heterocycles. The first-order chi connectivity index (χ1) is 8.08. The van der Waals surface area contributed by atoms with Crippen LogP contribution in [0, 0.1) is 0 Å². The Morgan fingerprint density at radius 1 is 1.53 bits per heavy atom. The van der Waals surface area contributed by atoms with Crippen molar-refractivity contribution in [2.75, 3.05) is 20.6 Å². The summed E-state index contributed by atoms with van der Waals surface area (Å²) in [5.41, 5.74) is 2.72. The van der Waals surface area contributed by atoms with Gasteiger partial charge in [-0.05, 0) is 36.1 Å². The first-order valence-corrected chi connectivity index (χ1v) is 6.59. The second-order valence-corrected chi connectivity index (χ2v) is 5.52. The molecule has 2 rings (SSSR count). The molecule has 3 nitrogen and oxygen atoms in total. The van der Waals surface area contributed by atoms with Crippen molar-refractivity contribution in [3.05, 3.63) is 33.8 Å². The number of hydrogen-bond donors (Lipinski definition) is 1. The minimum absolute atomic E-state index is 0.121. The first-order valence-electron chi connectivity index (χ1n) is 5.80. The zero-order valence-electron chi connectivity index (χ0n) is 10.2. The summed E-state index contributed by atoms with van der Waals surface area (Å²) in [6.45, 7) is 0.410. The Morgan fingerprint density at radius 2 is 2.29 bits per heavy atom. The van der Waals surface area contributed by atoms with Crippen LogP contribution in [-0.2, 0) is 11.2 Å². The van der Waals surface area contributed by atoms with Gasteiger partial charge in [-0.15, -0.1) is 0 Å². The molecule has 0 radical (unpaired) electrons. The average molecular weight is 297 g/mol. The fourth-order valence-electron chi connectivity index (χ4n) is 2.17. The van der Waals surface area contributed by atoms with Crippen molar-refractivity contribution < 1.29 is 4.79 Å². The summed E-state index contributed by atoms with van der Waals surface area (Å²) in [5, 5.41) is 3.33. The molecule has 1 aromatic carbocycles. The van der Waals surface area contributed by atoms with Crippen LogP contribution in [0.4, 0.5) is 0 Å². The number of aryl methyl sites for hydroxylation is 1. The van der Waals surface area contributed by atoms with E-state index in [1.165, 1.54) is 11.1 Å². The van der Waals surface area contributed by atoms with Gasteiger partial charge >= 0.3 is 0 Å². The highest BCUT2D eigenvalue weighted by atomic mass is 79.9. The monoisotopic (exact) mass is 296 g/mol. The normalized spacial score (nSPS) is 17.9. The molecule has 1 unspecified atom stereocenters. The van der Waals surface area contributed by atoms with Gasteiger partial charge in [0.05, 0.1) is 6.54 Å². The number of fused-ring (bicyclic) bond motifs is 1. The quantitative estimate of drug-likeness (QED) is 0.927. The van der Waals surface area contributed by atoms with E-state index in [-0.39, 0.29) is 5.91 Å². The predicted molar refractivity (Wildman–Crippen MR) is 71.9 cm³/mol. The van der Waals surface area contributed by atoms with Crippen LogP contribution >= 0.6 is 15.9 Å². The standard InChI is InChI=1S/C13H17BrN2O/c1-16(2)13(17)8-15-12-6-3-9-7-10(14)4-5-11(9)12/h4-5,7,12,15H,3,6,8H2,1-2H3. The number of carbonyl (C=O) groups excluding carboxylic acids is 1. The van der Waals surface area contributed by atoms with Gasteiger partial charge in [-0.2, -0.15) is 0 Å². The lowest BCUT2D eigenvalue weighted by molar-refractivity contribution is -0.127. The van der Waals surface area contributed by atoms with Gasteiger partial charge in [-0.25, -0.2) is 0 Å². The SMILES string of the molecule is CN(C)C(=O)CNC1CCc2cc(Br)ccc21. The highest BCUT2D eigenvalue weighted by Crippen LogP contribution is 2.32. The Bertz CT molecular complexity index is 431. The van der Waals surface area contributed by atoms with Crippen molar-refractivity contribution in [3.63, 3.8) is 0 Å². The fourth-order valence-corrected chi connectivity index (χ4v) is 2.58. The fraction of sp³-hybridized carbons (Fsp3) is 0.462. The Morgan fingerprint density at radius 3 is 3.00 bits per heavy atom. The minimum atomic E-state index is 0.121. The van der Waals surface area contributed by atoms with Crippen molar-refractivity contribution in [2.45, 2.75) is 18.9 Å². The summed E-state index contributed by atoms with van der Waals surface area (Å²) in [6, 6.07) is 6.70. The molecule has 92 valence electrons. The van der Waals surface area contributed by atoms with Crippen molar-refractivity contribution in [1.82, 2.24) is 10.2 Å². The highest BCUT2D eigenvalue weighted by molar-refractivity contribution is 9.10. The maximum Gasteiger partial charge on any atom is 0.236 e. The van der Waals surface area contributed by atoms with Gasteiger partial charge in [0, 0.05) is 24.6 Å². The Kier molecular flexibility index (Phi) is 3.84. The summed E-state index contributed by atoms with van der Waals surface area (Å²) in [7, 11) is 3.56. The van der Waals surface area contributed by atoms with Gasteiger partial charge in [0.15, 0.2) is 0 Å². The molecule has 0 spiro atoms. The number of hydrogen-bond acceptors (Lipinski definition) is 2.